The fraction of sp³-hybridized carbons (Fsp3) is 0.238. The van der Waals surface area contributed by atoms with Crippen LogP contribution in [0.15, 0.2) is 41.3 Å². The molecule has 0 saturated carbocycles. The average molecular weight is 434 g/mol. The van der Waals surface area contributed by atoms with Crippen molar-refractivity contribution in [2.24, 2.45) is 0 Å². The minimum Gasteiger partial charge on any atom is -0.489 e. The fourth-order valence-electron chi connectivity index (χ4n) is 2.77. The van der Waals surface area contributed by atoms with Gasteiger partial charge in [-0.25, -0.2) is 0 Å². The zero-order valence-corrected chi connectivity index (χ0v) is 18.2. The van der Waals surface area contributed by atoms with E-state index in [0.29, 0.717) is 33.2 Å². The highest BCUT2D eigenvalue weighted by Gasteiger charge is 2.29. The molecule has 1 amide bonds. The Morgan fingerprint density at radius 1 is 1.14 bits per heavy atom. The zero-order valence-electron chi connectivity index (χ0n) is 15.8. The van der Waals surface area contributed by atoms with Crippen molar-refractivity contribution >= 4 is 51.9 Å². The van der Waals surface area contributed by atoms with E-state index in [4.69, 9.17) is 33.3 Å². The van der Waals surface area contributed by atoms with Crippen LogP contribution in [0, 0.1) is 13.8 Å². The van der Waals surface area contributed by atoms with Gasteiger partial charge in [0.25, 0.3) is 5.91 Å². The van der Waals surface area contributed by atoms with E-state index in [9.17, 15) is 4.79 Å². The number of ether oxygens (including phenoxy) is 2. The maximum atomic E-state index is 12.3. The average Bonchev–Trinajstić information content (AvgIpc) is 2.89. The molecular formula is C21H20ClNO3S2. The Balaban J connectivity index is 1.70. The molecule has 1 aliphatic rings. The van der Waals surface area contributed by atoms with Crippen molar-refractivity contribution in [1.82, 2.24) is 4.90 Å². The maximum absolute atomic E-state index is 12.3. The highest BCUT2D eigenvalue weighted by atomic mass is 35.5. The molecule has 1 fully saturated rings. The van der Waals surface area contributed by atoms with Gasteiger partial charge < -0.3 is 9.47 Å². The summed E-state index contributed by atoms with van der Waals surface area (Å²) < 4.78 is 12.3. The van der Waals surface area contributed by atoms with Crippen molar-refractivity contribution < 1.29 is 14.3 Å². The van der Waals surface area contributed by atoms with E-state index >= 15 is 0 Å². The van der Waals surface area contributed by atoms with E-state index in [1.54, 1.807) is 31.3 Å². The van der Waals surface area contributed by atoms with Crippen molar-refractivity contribution in [3.8, 4) is 11.5 Å². The Morgan fingerprint density at radius 2 is 1.82 bits per heavy atom. The number of carbonyl (C=O) groups is 1. The molecule has 2 aromatic rings. The van der Waals surface area contributed by atoms with Crippen LogP contribution >= 0.6 is 35.6 Å². The predicted octanol–water partition coefficient (Wildman–Crippen LogP) is 5.25. The van der Waals surface area contributed by atoms with Crippen LogP contribution in [0.25, 0.3) is 6.08 Å². The zero-order chi connectivity index (χ0) is 20.3. The van der Waals surface area contributed by atoms with Gasteiger partial charge in [0.05, 0.1) is 4.91 Å². The fourth-order valence-corrected chi connectivity index (χ4v) is 4.12. The van der Waals surface area contributed by atoms with Gasteiger partial charge in [-0.1, -0.05) is 53.8 Å². The predicted molar refractivity (Wildman–Crippen MR) is 119 cm³/mol. The first-order valence-corrected chi connectivity index (χ1v) is 10.3. The van der Waals surface area contributed by atoms with Gasteiger partial charge in [-0.15, -0.1) is 0 Å². The molecule has 0 N–H and O–H groups in total. The van der Waals surface area contributed by atoms with Crippen LogP contribution in [-0.4, -0.2) is 35.4 Å². The number of benzene rings is 2. The third-order valence-electron chi connectivity index (χ3n) is 4.24. The van der Waals surface area contributed by atoms with Crippen LogP contribution in [0.3, 0.4) is 0 Å². The lowest BCUT2D eigenvalue weighted by molar-refractivity contribution is -0.121. The Hall–Kier alpha value is -2.02. The number of nitrogens with zero attached hydrogens (tertiary/aromatic N) is 1. The lowest BCUT2D eigenvalue weighted by atomic mass is 10.1. The number of para-hydroxylation sites is 1. The molecule has 0 spiro atoms. The third kappa shape index (κ3) is 4.69. The molecule has 1 heterocycles. The lowest BCUT2D eigenvalue weighted by Gasteiger charge is -2.14. The molecule has 0 bridgehead atoms. The van der Waals surface area contributed by atoms with Gasteiger partial charge in [-0.3, -0.25) is 9.69 Å². The first-order valence-electron chi connectivity index (χ1n) is 8.69. The van der Waals surface area contributed by atoms with E-state index in [1.165, 1.54) is 16.7 Å². The quantitative estimate of drug-likeness (QED) is 0.353. The molecule has 0 radical (unpaired) electrons. The van der Waals surface area contributed by atoms with Crippen molar-refractivity contribution in [1.29, 1.82) is 0 Å². The van der Waals surface area contributed by atoms with Crippen LogP contribution < -0.4 is 9.47 Å². The maximum Gasteiger partial charge on any atom is 0.265 e. The highest BCUT2D eigenvalue weighted by Crippen LogP contribution is 2.34. The molecule has 146 valence electrons. The second-order valence-corrected chi connectivity index (χ2v) is 8.45. The lowest BCUT2D eigenvalue weighted by Crippen LogP contribution is -2.22. The number of thiocarbonyl (C=S) groups is 1. The summed E-state index contributed by atoms with van der Waals surface area (Å²) in [4.78, 5) is 14.3. The first-order chi connectivity index (χ1) is 13.4. The van der Waals surface area contributed by atoms with Crippen molar-refractivity contribution in [2.75, 3.05) is 20.3 Å². The summed E-state index contributed by atoms with van der Waals surface area (Å²) in [5, 5.41) is 0.567. The largest absolute Gasteiger partial charge is 0.489 e. The summed E-state index contributed by atoms with van der Waals surface area (Å²) in [6, 6.07) is 11.4. The number of amides is 1. The number of hydrogen-bond donors (Lipinski definition) is 0. The number of aryl methyl sites for hydroxylation is 2. The van der Waals surface area contributed by atoms with E-state index in [0.717, 1.165) is 22.4 Å². The van der Waals surface area contributed by atoms with Crippen LogP contribution in [0.1, 0.15) is 16.7 Å². The molecule has 0 aromatic heterocycles. The molecule has 0 atom stereocenters. The van der Waals surface area contributed by atoms with Gasteiger partial charge >= 0.3 is 0 Å². The van der Waals surface area contributed by atoms with Gasteiger partial charge in [0.2, 0.25) is 0 Å². The molecule has 2 aromatic carbocycles. The number of halogens is 1. The summed E-state index contributed by atoms with van der Waals surface area (Å²) in [5.74, 6) is 1.39. The van der Waals surface area contributed by atoms with Crippen LogP contribution in [0.4, 0.5) is 0 Å². The minimum absolute atomic E-state index is 0.126. The minimum atomic E-state index is -0.126. The van der Waals surface area contributed by atoms with Gasteiger partial charge in [0.1, 0.15) is 29.0 Å². The van der Waals surface area contributed by atoms with E-state index in [2.05, 4.69) is 0 Å². The highest BCUT2D eigenvalue weighted by molar-refractivity contribution is 8.26. The summed E-state index contributed by atoms with van der Waals surface area (Å²) in [6.07, 6.45) is 1.76. The number of thioether (sulfide) groups is 1. The summed E-state index contributed by atoms with van der Waals surface area (Å²) in [5.41, 5.74) is 2.91. The number of likely N-dealkylation sites (N-methyl/N-ethyl adjacent to an activating group) is 1. The molecule has 0 unspecified atom stereocenters. The number of carbonyl (C=O) groups excluding carboxylic acids is 1. The standard InChI is InChI=1S/C21H20ClNO3S2/c1-13-5-4-6-14(2)19(13)26-10-9-25-17-8-7-16(22)11-15(17)12-18-20(24)23(3)21(27)28-18/h4-8,11-12H,9-10H2,1-3H3/b18-12+. The van der Waals surface area contributed by atoms with Crippen LogP contribution in [0.2, 0.25) is 5.02 Å². The molecule has 3 rings (SSSR count). The third-order valence-corrected chi connectivity index (χ3v) is 5.96. The van der Waals surface area contributed by atoms with Crippen LogP contribution in [0.5, 0.6) is 11.5 Å². The molecular weight excluding hydrogens is 414 g/mol. The Kier molecular flexibility index (Phi) is 6.65. The molecule has 1 saturated heterocycles. The molecule has 4 nitrogen and oxygen atoms in total. The summed E-state index contributed by atoms with van der Waals surface area (Å²) in [7, 11) is 1.67. The van der Waals surface area contributed by atoms with Gasteiger partial charge in [-0.05, 0) is 49.2 Å². The van der Waals surface area contributed by atoms with Crippen molar-refractivity contribution in [2.45, 2.75) is 13.8 Å². The van der Waals surface area contributed by atoms with Gasteiger partial charge in [-0.2, -0.15) is 0 Å². The summed E-state index contributed by atoms with van der Waals surface area (Å²) >= 11 is 12.6. The first kappa shape index (κ1) is 20.7. The van der Waals surface area contributed by atoms with Crippen LogP contribution in [-0.2, 0) is 4.79 Å². The molecule has 0 aliphatic carbocycles. The van der Waals surface area contributed by atoms with E-state index in [1.807, 2.05) is 32.0 Å². The second-order valence-electron chi connectivity index (χ2n) is 6.34. The smallest absolute Gasteiger partial charge is 0.265 e. The SMILES string of the molecule is Cc1cccc(C)c1OCCOc1ccc(Cl)cc1/C=C1/SC(=S)N(C)C1=O. The Morgan fingerprint density at radius 3 is 2.46 bits per heavy atom. The van der Waals surface area contributed by atoms with E-state index in [-0.39, 0.29) is 5.91 Å². The van der Waals surface area contributed by atoms with Gasteiger partial charge in [0.15, 0.2) is 0 Å². The molecule has 7 heteroatoms. The van der Waals surface area contributed by atoms with Crippen molar-refractivity contribution in [3.05, 3.63) is 63.0 Å². The van der Waals surface area contributed by atoms with Gasteiger partial charge in [0, 0.05) is 17.6 Å². The van der Waals surface area contributed by atoms with E-state index < -0.39 is 0 Å². The molecule has 1 aliphatic heterocycles. The number of rotatable bonds is 6. The monoisotopic (exact) mass is 433 g/mol. The number of hydrogen-bond acceptors (Lipinski definition) is 5. The Bertz CT molecular complexity index is 938. The summed E-state index contributed by atoms with van der Waals surface area (Å²) in [6.45, 7) is 4.81. The normalized spacial score (nSPS) is 15.4. The van der Waals surface area contributed by atoms with Crippen molar-refractivity contribution in [3.63, 3.8) is 0 Å². The molecule has 28 heavy (non-hydrogen) atoms. The topological polar surface area (TPSA) is 38.8 Å². The second kappa shape index (κ2) is 8.99. The Labute approximate surface area is 179 Å².